The second-order valence-corrected chi connectivity index (χ2v) is 7.11. The number of thioether (sulfide) groups is 2. The van der Waals surface area contributed by atoms with E-state index < -0.39 is 0 Å². The number of nitrogens with two attached hydrogens (primary N) is 1. The number of hydrogen-bond acceptors (Lipinski definition) is 5. The molecule has 0 amide bonds. The van der Waals surface area contributed by atoms with Crippen LogP contribution in [0.25, 0.3) is 10.9 Å². The van der Waals surface area contributed by atoms with Crippen molar-refractivity contribution in [1.29, 1.82) is 0 Å². The Morgan fingerprint density at radius 2 is 2.26 bits per heavy atom. The molecule has 0 radical (unpaired) electrons. The van der Waals surface area contributed by atoms with E-state index in [1.165, 1.54) is 17.3 Å². The molecule has 1 aromatic heterocycles. The first-order valence-electron chi connectivity index (χ1n) is 6.41. The Bertz CT molecular complexity index is 568. The predicted octanol–water partition coefficient (Wildman–Crippen LogP) is 3.08. The first-order chi connectivity index (χ1) is 9.34. The number of pyridine rings is 1. The highest BCUT2D eigenvalue weighted by Crippen LogP contribution is 2.28. The number of rotatable bonds is 3. The first-order valence-corrected chi connectivity index (χ1v) is 8.61. The monoisotopic (exact) mass is 291 g/mol. The summed E-state index contributed by atoms with van der Waals surface area (Å²) >= 11 is 4.12. The van der Waals surface area contributed by atoms with Gasteiger partial charge in [-0.1, -0.05) is 0 Å². The third-order valence-electron chi connectivity index (χ3n) is 3.21. The molecule has 2 aromatic rings. The molecule has 1 fully saturated rings. The lowest BCUT2D eigenvalue weighted by atomic mass is 10.1. The maximum Gasteiger partial charge on any atom is 0.0951 e. The van der Waals surface area contributed by atoms with Crippen LogP contribution in [0.2, 0.25) is 0 Å². The van der Waals surface area contributed by atoms with Gasteiger partial charge in [-0.2, -0.15) is 23.5 Å². The minimum atomic E-state index is 0.697. The van der Waals surface area contributed by atoms with Crippen molar-refractivity contribution in [3.05, 3.63) is 30.5 Å². The van der Waals surface area contributed by atoms with Crippen LogP contribution < -0.4 is 11.1 Å². The maximum atomic E-state index is 5.97. The summed E-state index contributed by atoms with van der Waals surface area (Å²) in [6.45, 7) is 1.01. The highest BCUT2D eigenvalue weighted by atomic mass is 32.2. The first kappa shape index (κ1) is 12.9. The quantitative estimate of drug-likeness (QED) is 0.851. The van der Waals surface area contributed by atoms with Gasteiger partial charge in [0.05, 0.1) is 11.2 Å². The lowest BCUT2D eigenvalue weighted by Crippen LogP contribution is -2.23. The highest BCUT2D eigenvalue weighted by molar-refractivity contribution is 8.06. The fourth-order valence-corrected chi connectivity index (χ4v) is 4.84. The lowest BCUT2D eigenvalue weighted by Gasteiger charge is -2.22. The van der Waals surface area contributed by atoms with Gasteiger partial charge in [0.25, 0.3) is 0 Å². The number of aromatic nitrogens is 1. The van der Waals surface area contributed by atoms with Gasteiger partial charge in [-0.05, 0) is 24.3 Å². The van der Waals surface area contributed by atoms with Gasteiger partial charge < -0.3 is 11.1 Å². The summed E-state index contributed by atoms with van der Waals surface area (Å²) in [7, 11) is 0. The predicted molar refractivity (Wildman–Crippen MR) is 88.2 cm³/mol. The van der Waals surface area contributed by atoms with Crippen molar-refractivity contribution in [1.82, 2.24) is 4.98 Å². The molecule has 1 unspecified atom stereocenters. The Kier molecular flexibility index (Phi) is 4.03. The number of benzene rings is 1. The van der Waals surface area contributed by atoms with E-state index in [4.69, 9.17) is 5.73 Å². The van der Waals surface area contributed by atoms with Crippen LogP contribution in [0.4, 0.5) is 11.4 Å². The van der Waals surface area contributed by atoms with Crippen LogP contribution in [0.1, 0.15) is 0 Å². The maximum absolute atomic E-state index is 5.97. The van der Waals surface area contributed by atoms with Gasteiger partial charge in [-0.15, -0.1) is 0 Å². The number of fused-ring (bicyclic) bond motifs is 1. The molecule has 3 nitrogen and oxygen atoms in total. The molecule has 1 aliphatic rings. The molecule has 3 N–H and O–H groups in total. The number of nitrogens with zero attached hydrogens (tertiary/aromatic N) is 1. The van der Waals surface area contributed by atoms with Crippen LogP contribution in [0, 0.1) is 0 Å². The van der Waals surface area contributed by atoms with Gasteiger partial charge in [0.15, 0.2) is 0 Å². The normalized spacial score (nSPS) is 19.5. The minimum Gasteiger partial charge on any atom is -0.397 e. The Morgan fingerprint density at radius 1 is 1.32 bits per heavy atom. The summed E-state index contributed by atoms with van der Waals surface area (Å²) in [4.78, 5) is 4.36. The molecule has 100 valence electrons. The highest BCUT2D eigenvalue weighted by Gasteiger charge is 2.14. The molecule has 1 saturated heterocycles. The molecule has 0 saturated carbocycles. The fraction of sp³-hybridized carbons (Fsp3) is 0.357. The summed E-state index contributed by atoms with van der Waals surface area (Å²) in [5, 5.41) is 5.36. The van der Waals surface area contributed by atoms with Crippen LogP contribution in [0.3, 0.4) is 0 Å². The van der Waals surface area contributed by atoms with Gasteiger partial charge in [0.1, 0.15) is 0 Å². The van der Waals surface area contributed by atoms with Gasteiger partial charge in [0.2, 0.25) is 0 Å². The van der Waals surface area contributed by atoms with E-state index in [1.54, 1.807) is 6.20 Å². The third-order valence-corrected chi connectivity index (χ3v) is 6.05. The molecule has 5 heteroatoms. The SMILES string of the molecule is Nc1ccc(NCC2CSCCS2)c2cccnc12. The summed E-state index contributed by atoms with van der Waals surface area (Å²) in [6.07, 6.45) is 1.79. The number of nitrogens with one attached hydrogen (secondary N) is 1. The van der Waals surface area contributed by atoms with Crippen LogP contribution >= 0.6 is 23.5 Å². The minimum absolute atomic E-state index is 0.697. The van der Waals surface area contributed by atoms with Crippen molar-refractivity contribution >= 4 is 45.8 Å². The molecule has 1 aromatic carbocycles. The van der Waals surface area contributed by atoms with Gasteiger partial charge in [-0.3, -0.25) is 4.98 Å². The summed E-state index contributed by atoms with van der Waals surface area (Å²) in [5.74, 6) is 3.79. The zero-order valence-corrected chi connectivity index (χ0v) is 12.3. The Labute approximate surface area is 121 Å². The van der Waals surface area contributed by atoms with Crippen LogP contribution in [-0.4, -0.2) is 34.0 Å². The lowest BCUT2D eigenvalue weighted by molar-refractivity contribution is 1.01. The summed E-state index contributed by atoms with van der Waals surface area (Å²) in [6, 6.07) is 8.02. The molecule has 0 aliphatic carbocycles. The molecule has 0 bridgehead atoms. The Hall–Kier alpha value is -1.07. The Balaban J connectivity index is 1.79. The van der Waals surface area contributed by atoms with Crippen LogP contribution in [0.15, 0.2) is 30.5 Å². The molecule has 19 heavy (non-hydrogen) atoms. The zero-order valence-electron chi connectivity index (χ0n) is 10.6. The second-order valence-electron chi connectivity index (χ2n) is 4.55. The van der Waals surface area contributed by atoms with E-state index in [2.05, 4.69) is 46.0 Å². The molecule has 2 heterocycles. The molecule has 3 rings (SSSR count). The van der Waals surface area contributed by atoms with Crippen molar-refractivity contribution in [3.8, 4) is 0 Å². The smallest absolute Gasteiger partial charge is 0.0951 e. The molecule has 0 spiro atoms. The zero-order chi connectivity index (χ0) is 13.1. The fourth-order valence-electron chi connectivity index (χ4n) is 2.23. The van der Waals surface area contributed by atoms with E-state index in [0.29, 0.717) is 5.25 Å². The van der Waals surface area contributed by atoms with Gasteiger partial charge in [0, 0.05) is 46.3 Å². The van der Waals surface area contributed by atoms with Crippen molar-refractivity contribution in [2.45, 2.75) is 5.25 Å². The van der Waals surface area contributed by atoms with Crippen LogP contribution in [0.5, 0.6) is 0 Å². The molecular formula is C14H17N3S2. The van der Waals surface area contributed by atoms with Gasteiger partial charge >= 0.3 is 0 Å². The Morgan fingerprint density at radius 3 is 3.11 bits per heavy atom. The van der Waals surface area contributed by atoms with E-state index >= 15 is 0 Å². The summed E-state index contributed by atoms with van der Waals surface area (Å²) < 4.78 is 0. The number of anilines is 2. The van der Waals surface area contributed by atoms with Crippen molar-refractivity contribution in [2.24, 2.45) is 0 Å². The standard InChI is InChI=1S/C14H17N3S2/c15-12-3-4-13(11-2-1-5-16-14(11)12)17-8-10-9-18-6-7-19-10/h1-5,10,17H,6-9,15H2. The average Bonchev–Trinajstić information content (AvgIpc) is 2.48. The third kappa shape index (κ3) is 2.92. The van der Waals surface area contributed by atoms with E-state index in [-0.39, 0.29) is 0 Å². The largest absolute Gasteiger partial charge is 0.397 e. The van der Waals surface area contributed by atoms with Crippen molar-refractivity contribution in [2.75, 3.05) is 34.9 Å². The molecular weight excluding hydrogens is 274 g/mol. The molecule has 1 atom stereocenters. The van der Waals surface area contributed by atoms with E-state index in [1.807, 2.05) is 12.1 Å². The molecule has 1 aliphatic heterocycles. The van der Waals surface area contributed by atoms with Crippen molar-refractivity contribution in [3.63, 3.8) is 0 Å². The number of nitrogen functional groups attached to an aromatic ring is 1. The van der Waals surface area contributed by atoms with Crippen molar-refractivity contribution < 1.29 is 0 Å². The topological polar surface area (TPSA) is 50.9 Å². The number of hydrogen-bond donors (Lipinski definition) is 2. The van der Waals surface area contributed by atoms with Gasteiger partial charge in [-0.25, -0.2) is 0 Å². The second kappa shape index (κ2) is 5.92. The summed E-state index contributed by atoms with van der Waals surface area (Å²) in [5.41, 5.74) is 8.73. The van der Waals surface area contributed by atoms with E-state index in [0.717, 1.165) is 28.8 Å². The average molecular weight is 291 g/mol. The van der Waals surface area contributed by atoms with E-state index in [9.17, 15) is 0 Å². The van der Waals surface area contributed by atoms with Crippen LogP contribution in [-0.2, 0) is 0 Å².